The van der Waals surface area contributed by atoms with E-state index in [-0.39, 0.29) is 17.4 Å². The van der Waals surface area contributed by atoms with Gasteiger partial charge >= 0.3 is 0 Å². The number of carbonyl (C=O) groups is 1. The summed E-state index contributed by atoms with van der Waals surface area (Å²) in [7, 11) is 0. The largest absolute Gasteiger partial charge is 0.379 e. The molecule has 0 aromatic heterocycles. The molecule has 23 heavy (non-hydrogen) atoms. The standard InChI is InChI=1S/C19H28N2O2/c1-19(2,21-10-12-23-13-11-21)14-20-18(22)17-9-5-7-15-6-3-4-8-16(15)17/h3-4,6,8,17H,5,7,9-14H2,1-2H3,(H,20,22). The van der Waals surface area contributed by atoms with Gasteiger partial charge in [0, 0.05) is 25.2 Å². The molecule has 1 saturated heterocycles. The van der Waals surface area contributed by atoms with E-state index in [1.165, 1.54) is 11.1 Å². The molecule has 1 N–H and O–H groups in total. The maximum Gasteiger partial charge on any atom is 0.227 e. The van der Waals surface area contributed by atoms with Crippen LogP contribution in [0.4, 0.5) is 0 Å². The molecule has 0 bridgehead atoms. The molecule has 1 unspecified atom stereocenters. The summed E-state index contributed by atoms with van der Waals surface area (Å²) in [6.45, 7) is 8.54. The minimum absolute atomic E-state index is 0.0143. The van der Waals surface area contributed by atoms with Gasteiger partial charge in [0.15, 0.2) is 0 Å². The Balaban J connectivity index is 1.61. The van der Waals surface area contributed by atoms with Gasteiger partial charge in [-0.05, 0) is 44.2 Å². The van der Waals surface area contributed by atoms with Crippen molar-refractivity contribution in [3.63, 3.8) is 0 Å². The molecule has 1 fully saturated rings. The topological polar surface area (TPSA) is 41.6 Å². The average Bonchev–Trinajstić information content (AvgIpc) is 2.60. The van der Waals surface area contributed by atoms with Crippen molar-refractivity contribution in [2.75, 3.05) is 32.8 Å². The van der Waals surface area contributed by atoms with Crippen LogP contribution in [0, 0.1) is 0 Å². The molecule has 126 valence electrons. The molecule has 1 aromatic rings. The van der Waals surface area contributed by atoms with Gasteiger partial charge < -0.3 is 10.1 Å². The molecule has 0 saturated carbocycles. The number of amides is 1. The van der Waals surface area contributed by atoms with Gasteiger partial charge in [0.25, 0.3) is 0 Å². The number of hydrogen-bond acceptors (Lipinski definition) is 3. The maximum absolute atomic E-state index is 12.7. The lowest BCUT2D eigenvalue weighted by Crippen LogP contribution is -2.55. The van der Waals surface area contributed by atoms with E-state index in [1.807, 2.05) is 6.07 Å². The molecule has 0 radical (unpaired) electrons. The highest BCUT2D eigenvalue weighted by Crippen LogP contribution is 2.31. The van der Waals surface area contributed by atoms with Crippen molar-refractivity contribution in [2.45, 2.75) is 44.6 Å². The zero-order chi connectivity index (χ0) is 16.3. The van der Waals surface area contributed by atoms with E-state index in [0.717, 1.165) is 45.6 Å². The molecule has 1 aliphatic carbocycles. The van der Waals surface area contributed by atoms with E-state index in [4.69, 9.17) is 4.74 Å². The van der Waals surface area contributed by atoms with Crippen LogP contribution >= 0.6 is 0 Å². The molecular weight excluding hydrogens is 288 g/mol. The number of carbonyl (C=O) groups excluding carboxylic acids is 1. The van der Waals surface area contributed by atoms with Gasteiger partial charge in [-0.2, -0.15) is 0 Å². The first-order valence-corrected chi connectivity index (χ1v) is 8.76. The van der Waals surface area contributed by atoms with Gasteiger partial charge in [0.2, 0.25) is 5.91 Å². The summed E-state index contributed by atoms with van der Waals surface area (Å²) in [5.41, 5.74) is 2.53. The SMILES string of the molecule is CC(C)(CNC(=O)C1CCCc2ccccc21)N1CCOCC1. The van der Waals surface area contributed by atoms with E-state index >= 15 is 0 Å². The summed E-state index contributed by atoms with van der Waals surface area (Å²) in [6, 6.07) is 8.39. The van der Waals surface area contributed by atoms with Gasteiger partial charge in [0.1, 0.15) is 0 Å². The fraction of sp³-hybridized carbons (Fsp3) is 0.632. The van der Waals surface area contributed by atoms with E-state index in [0.29, 0.717) is 6.54 Å². The van der Waals surface area contributed by atoms with Crippen LogP contribution in [0.2, 0.25) is 0 Å². The summed E-state index contributed by atoms with van der Waals surface area (Å²) in [6.07, 6.45) is 3.15. The van der Waals surface area contributed by atoms with Crippen molar-refractivity contribution >= 4 is 5.91 Å². The number of ether oxygens (including phenoxy) is 1. The number of rotatable bonds is 4. The lowest BCUT2D eigenvalue weighted by molar-refractivity contribution is -0.123. The van der Waals surface area contributed by atoms with Crippen LogP contribution in [0.25, 0.3) is 0 Å². The molecule has 2 aliphatic rings. The smallest absolute Gasteiger partial charge is 0.227 e. The van der Waals surface area contributed by atoms with Gasteiger partial charge in [0.05, 0.1) is 19.1 Å². The Morgan fingerprint density at radius 2 is 2.04 bits per heavy atom. The van der Waals surface area contributed by atoms with Crippen molar-refractivity contribution in [3.8, 4) is 0 Å². The summed E-state index contributed by atoms with van der Waals surface area (Å²) >= 11 is 0. The number of aryl methyl sites for hydroxylation is 1. The molecule has 4 heteroatoms. The normalized spacial score (nSPS) is 22.4. The molecule has 1 amide bonds. The Morgan fingerprint density at radius 1 is 1.30 bits per heavy atom. The highest BCUT2D eigenvalue weighted by molar-refractivity contribution is 5.84. The molecule has 0 spiro atoms. The number of fused-ring (bicyclic) bond motifs is 1. The van der Waals surface area contributed by atoms with Crippen molar-refractivity contribution in [2.24, 2.45) is 0 Å². The molecular formula is C19H28N2O2. The highest BCUT2D eigenvalue weighted by atomic mass is 16.5. The zero-order valence-corrected chi connectivity index (χ0v) is 14.3. The van der Waals surface area contributed by atoms with Crippen LogP contribution in [-0.4, -0.2) is 49.2 Å². The lowest BCUT2D eigenvalue weighted by Gasteiger charge is -2.41. The third-order valence-corrected chi connectivity index (χ3v) is 5.25. The van der Waals surface area contributed by atoms with Crippen LogP contribution in [0.5, 0.6) is 0 Å². The van der Waals surface area contributed by atoms with Crippen molar-refractivity contribution in [3.05, 3.63) is 35.4 Å². The summed E-state index contributed by atoms with van der Waals surface area (Å²) < 4.78 is 5.43. The molecule has 3 rings (SSSR count). The fourth-order valence-corrected chi connectivity index (χ4v) is 3.73. The Kier molecular flexibility index (Phi) is 5.02. The second kappa shape index (κ2) is 7.02. The van der Waals surface area contributed by atoms with Crippen molar-refractivity contribution in [1.29, 1.82) is 0 Å². The molecule has 1 aliphatic heterocycles. The summed E-state index contributed by atoms with van der Waals surface area (Å²) in [5, 5.41) is 3.21. The predicted octanol–water partition coefficient (Wildman–Crippen LogP) is 2.33. The van der Waals surface area contributed by atoms with Crippen molar-refractivity contribution in [1.82, 2.24) is 10.2 Å². The molecule has 4 nitrogen and oxygen atoms in total. The number of benzene rings is 1. The van der Waals surface area contributed by atoms with Gasteiger partial charge in [-0.1, -0.05) is 24.3 Å². The fourth-order valence-electron chi connectivity index (χ4n) is 3.73. The molecule has 1 aromatic carbocycles. The number of hydrogen-bond donors (Lipinski definition) is 1. The van der Waals surface area contributed by atoms with Crippen LogP contribution in [0.15, 0.2) is 24.3 Å². The minimum Gasteiger partial charge on any atom is -0.379 e. The first-order chi connectivity index (χ1) is 11.1. The first-order valence-electron chi connectivity index (χ1n) is 8.76. The minimum atomic E-state index is -0.0341. The van der Waals surface area contributed by atoms with E-state index in [2.05, 4.69) is 42.3 Å². The van der Waals surface area contributed by atoms with Crippen LogP contribution in [0.3, 0.4) is 0 Å². The van der Waals surface area contributed by atoms with Crippen molar-refractivity contribution < 1.29 is 9.53 Å². The van der Waals surface area contributed by atoms with E-state index in [9.17, 15) is 4.79 Å². The summed E-state index contributed by atoms with van der Waals surface area (Å²) in [5.74, 6) is 0.193. The van der Waals surface area contributed by atoms with Gasteiger partial charge in [-0.15, -0.1) is 0 Å². The quantitative estimate of drug-likeness (QED) is 0.927. The second-order valence-corrected chi connectivity index (χ2v) is 7.27. The third-order valence-electron chi connectivity index (χ3n) is 5.25. The molecule has 1 atom stereocenters. The second-order valence-electron chi connectivity index (χ2n) is 7.27. The average molecular weight is 316 g/mol. The highest BCUT2D eigenvalue weighted by Gasteiger charge is 2.31. The number of morpholine rings is 1. The van der Waals surface area contributed by atoms with Crippen LogP contribution < -0.4 is 5.32 Å². The molecule has 1 heterocycles. The van der Waals surface area contributed by atoms with Crippen LogP contribution in [-0.2, 0) is 16.0 Å². The Morgan fingerprint density at radius 3 is 2.83 bits per heavy atom. The number of nitrogens with zero attached hydrogens (tertiary/aromatic N) is 1. The van der Waals surface area contributed by atoms with E-state index in [1.54, 1.807) is 0 Å². The monoisotopic (exact) mass is 316 g/mol. The predicted molar refractivity (Wildman–Crippen MR) is 91.6 cm³/mol. The Hall–Kier alpha value is -1.39. The maximum atomic E-state index is 12.7. The van der Waals surface area contributed by atoms with Gasteiger partial charge in [-0.25, -0.2) is 0 Å². The lowest BCUT2D eigenvalue weighted by atomic mass is 9.82. The summed E-state index contributed by atoms with van der Waals surface area (Å²) in [4.78, 5) is 15.1. The Bertz CT molecular complexity index is 550. The number of nitrogens with one attached hydrogen (secondary N) is 1. The first kappa shape index (κ1) is 16.5. The Labute approximate surface area is 139 Å². The zero-order valence-electron chi connectivity index (χ0n) is 14.3. The van der Waals surface area contributed by atoms with E-state index < -0.39 is 0 Å². The van der Waals surface area contributed by atoms with Gasteiger partial charge in [-0.3, -0.25) is 9.69 Å². The third kappa shape index (κ3) is 3.75. The van der Waals surface area contributed by atoms with Crippen LogP contribution in [0.1, 0.15) is 43.7 Å².